The SMILES string of the molecule is CCCCN(C(=O)CN1C[C@H](c2cc(CO)c3c(c2)OCO3)[C@@H](C(=O)O)[C@@H]1Cc1ccccc1CO)c1ccc[n+](C)c1. The lowest BCUT2D eigenvalue weighted by atomic mass is 9.82. The number of aliphatic hydroxyl groups excluding tert-OH is 2. The Morgan fingerprint density at radius 3 is 2.51 bits per heavy atom. The Bertz CT molecular complexity index is 1460. The summed E-state index contributed by atoms with van der Waals surface area (Å²) in [7, 11) is 1.91. The maximum absolute atomic E-state index is 14.0. The third-order valence-corrected chi connectivity index (χ3v) is 8.53. The van der Waals surface area contributed by atoms with E-state index in [1.54, 1.807) is 17.0 Å². The summed E-state index contributed by atoms with van der Waals surface area (Å²) in [5.41, 5.74) is 3.62. The Morgan fingerprint density at radius 2 is 1.81 bits per heavy atom. The average Bonchev–Trinajstić information content (AvgIpc) is 3.62. The topological polar surface area (TPSA) is 124 Å². The standard InChI is InChI=1S/C33H39N3O7/c1-3-4-12-36(26-10-7-11-34(2)16-26)30(39)18-35-17-27(24-13-25(20-38)32-29(15-24)42-21-43-32)31(33(40)41)28(35)14-22-8-5-6-9-23(22)19-37/h5-11,13,15-16,27-28,31,37-38H,3-4,12,14,17-21H2,1-2H3/p+1/t27-,28+,31-/m1/s1. The molecule has 5 rings (SSSR count). The van der Waals surface area contributed by atoms with Gasteiger partial charge in [0.2, 0.25) is 12.7 Å². The summed E-state index contributed by atoms with van der Waals surface area (Å²) in [4.78, 5) is 30.8. The molecule has 2 aliphatic rings. The van der Waals surface area contributed by atoms with Crippen molar-refractivity contribution in [2.75, 3.05) is 31.3 Å². The molecule has 0 aliphatic carbocycles. The summed E-state index contributed by atoms with van der Waals surface area (Å²) >= 11 is 0. The molecule has 3 heterocycles. The second kappa shape index (κ2) is 13.5. The van der Waals surface area contributed by atoms with Crippen molar-refractivity contribution >= 4 is 17.6 Å². The van der Waals surface area contributed by atoms with Crippen molar-refractivity contribution in [3.05, 3.63) is 83.2 Å². The molecule has 0 spiro atoms. The summed E-state index contributed by atoms with van der Waals surface area (Å²) in [5, 5.41) is 30.7. The van der Waals surface area contributed by atoms with E-state index in [4.69, 9.17) is 9.47 Å². The highest BCUT2D eigenvalue weighted by molar-refractivity contribution is 5.94. The molecule has 1 aromatic heterocycles. The molecule has 2 aromatic carbocycles. The van der Waals surface area contributed by atoms with Crippen molar-refractivity contribution in [2.24, 2.45) is 13.0 Å². The summed E-state index contributed by atoms with van der Waals surface area (Å²) in [6.07, 6.45) is 5.93. The summed E-state index contributed by atoms with van der Waals surface area (Å²) < 4.78 is 13.1. The molecule has 0 saturated carbocycles. The van der Waals surface area contributed by atoms with E-state index < -0.39 is 23.8 Å². The molecule has 10 heteroatoms. The van der Waals surface area contributed by atoms with E-state index in [1.165, 1.54) is 0 Å². The van der Waals surface area contributed by atoms with Gasteiger partial charge in [0.05, 0.1) is 25.7 Å². The number of hydrogen-bond acceptors (Lipinski definition) is 7. The normalized spacial score (nSPS) is 19.5. The number of amides is 1. The monoisotopic (exact) mass is 590 g/mol. The fraction of sp³-hybridized carbons (Fsp3) is 0.424. The molecule has 3 N–H and O–H groups in total. The Morgan fingerprint density at radius 1 is 1.05 bits per heavy atom. The largest absolute Gasteiger partial charge is 0.481 e. The van der Waals surface area contributed by atoms with Gasteiger partial charge in [-0.15, -0.1) is 0 Å². The number of benzene rings is 2. The van der Waals surface area contributed by atoms with E-state index in [0.717, 1.165) is 29.7 Å². The number of pyridine rings is 1. The first-order valence-corrected chi connectivity index (χ1v) is 14.8. The molecule has 1 saturated heterocycles. The molecule has 3 atom stereocenters. The minimum Gasteiger partial charge on any atom is -0.481 e. The molecule has 3 aromatic rings. The Balaban J connectivity index is 1.53. The predicted molar refractivity (Wildman–Crippen MR) is 159 cm³/mol. The van der Waals surface area contributed by atoms with Gasteiger partial charge in [0.1, 0.15) is 12.7 Å². The van der Waals surface area contributed by atoms with Crippen LogP contribution in [0.25, 0.3) is 0 Å². The van der Waals surface area contributed by atoms with Gasteiger partial charge < -0.3 is 29.7 Å². The molecule has 0 bridgehead atoms. The van der Waals surface area contributed by atoms with Gasteiger partial charge in [-0.3, -0.25) is 14.5 Å². The molecular formula is C33H40N3O7+. The number of likely N-dealkylation sites (tertiary alicyclic amines) is 1. The quantitative estimate of drug-likeness (QED) is 0.275. The van der Waals surface area contributed by atoms with Crippen molar-refractivity contribution < 1.29 is 38.9 Å². The third-order valence-electron chi connectivity index (χ3n) is 8.53. The van der Waals surface area contributed by atoms with Crippen LogP contribution >= 0.6 is 0 Å². The van der Waals surface area contributed by atoms with Crippen molar-refractivity contribution in [3.63, 3.8) is 0 Å². The highest BCUT2D eigenvalue weighted by Gasteiger charge is 2.48. The number of nitrogens with zero attached hydrogens (tertiary/aromatic N) is 3. The van der Waals surface area contributed by atoms with Crippen molar-refractivity contribution in [3.8, 4) is 11.5 Å². The van der Waals surface area contributed by atoms with Gasteiger partial charge in [-0.1, -0.05) is 37.6 Å². The maximum atomic E-state index is 14.0. The van der Waals surface area contributed by atoms with Crippen molar-refractivity contribution in [2.45, 2.75) is 51.4 Å². The molecule has 0 radical (unpaired) electrons. The molecule has 43 heavy (non-hydrogen) atoms. The zero-order valence-electron chi connectivity index (χ0n) is 24.7. The summed E-state index contributed by atoms with van der Waals surface area (Å²) in [6, 6.07) is 14.3. The lowest BCUT2D eigenvalue weighted by Crippen LogP contribution is -2.46. The number of carbonyl (C=O) groups excluding carboxylic acids is 1. The van der Waals surface area contributed by atoms with E-state index in [-0.39, 0.29) is 32.5 Å². The van der Waals surface area contributed by atoms with Crippen LogP contribution in [0, 0.1) is 5.92 Å². The first-order valence-electron chi connectivity index (χ1n) is 14.8. The molecule has 0 unspecified atom stereocenters. The lowest BCUT2D eigenvalue weighted by Gasteiger charge is -2.30. The molecule has 228 valence electrons. The van der Waals surface area contributed by atoms with E-state index >= 15 is 0 Å². The number of aliphatic carboxylic acids is 1. The number of aliphatic hydroxyl groups is 2. The summed E-state index contributed by atoms with van der Waals surface area (Å²) in [5.74, 6) is -1.46. The van der Waals surface area contributed by atoms with Gasteiger partial charge >= 0.3 is 5.97 Å². The van der Waals surface area contributed by atoms with E-state index in [2.05, 4.69) is 6.92 Å². The van der Waals surface area contributed by atoms with Gasteiger partial charge in [0.15, 0.2) is 23.9 Å². The van der Waals surface area contributed by atoms with Gasteiger partial charge in [-0.05, 0) is 47.7 Å². The van der Waals surface area contributed by atoms with Crippen LogP contribution in [0.15, 0.2) is 60.9 Å². The fourth-order valence-corrected chi connectivity index (χ4v) is 6.36. The lowest BCUT2D eigenvalue weighted by molar-refractivity contribution is -0.670. The zero-order valence-corrected chi connectivity index (χ0v) is 24.7. The number of unbranched alkanes of at least 4 members (excludes halogenated alkanes) is 1. The van der Waals surface area contributed by atoms with E-state index in [1.807, 2.05) is 65.3 Å². The van der Waals surface area contributed by atoms with Gasteiger partial charge in [0.25, 0.3) is 0 Å². The van der Waals surface area contributed by atoms with Gasteiger partial charge in [0, 0.05) is 36.7 Å². The number of anilines is 1. The van der Waals surface area contributed by atoms with E-state index in [9.17, 15) is 24.9 Å². The molecule has 10 nitrogen and oxygen atoms in total. The number of aryl methyl sites for hydroxylation is 1. The third kappa shape index (κ3) is 6.51. The number of carboxylic acid groups (broad SMARTS) is 1. The Kier molecular flexibility index (Phi) is 9.59. The van der Waals surface area contributed by atoms with Gasteiger partial charge in [-0.25, -0.2) is 4.57 Å². The maximum Gasteiger partial charge on any atom is 0.308 e. The van der Waals surface area contributed by atoms with Gasteiger partial charge in [-0.2, -0.15) is 0 Å². The van der Waals surface area contributed by atoms with Crippen LogP contribution in [0.5, 0.6) is 11.5 Å². The number of fused-ring (bicyclic) bond motifs is 1. The smallest absolute Gasteiger partial charge is 0.308 e. The molecule has 1 amide bonds. The fourth-order valence-electron chi connectivity index (χ4n) is 6.36. The zero-order chi connectivity index (χ0) is 30.5. The van der Waals surface area contributed by atoms with Crippen LogP contribution in [-0.4, -0.2) is 64.6 Å². The van der Waals surface area contributed by atoms with Crippen molar-refractivity contribution in [1.82, 2.24) is 4.90 Å². The van der Waals surface area contributed by atoms with Crippen LogP contribution in [-0.2, 0) is 36.3 Å². The first kappa shape index (κ1) is 30.5. The van der Waals surface area contributed by atoms with Crippen molar-refractivity contribution in [1.29, 1.82) is 0 Å². The second-order valence-corrected chi connectivity index (χ2v) is 11.3. The van der Waals surface area contributed by atoms with Crippen LogP contribution in [0.1, 0.15) is 47.9 Å². The number of ether oxygens (including phenoxy) is 2. The summed E-state index contributed by atoms with van der Waals surface area (Å²) in [6.45, 7) is 2.58. The van der Waals surface area contributed by atoms with Crippen LogP contribution in [0.2, 0.25) is 0 Å². The minimum atomic E-state index is -0.965. The van der Waals surface area contributed by atoms with Crippen LogP contribution in [0.3, 0.4) is 0 Å². The van der Waals surface area contributed by atoms with Crippen LogP contribution < -0.4 is 18.9 Å². The predicted octanol–water partition coefficient (Wildman–Crippen LogP) is 2.77. The molecule has 1 fully saturated rings. The van der Waals surface area contributed by atoms with E-state index in [0.29, 0.717) is 42.1 Å². The molecular weight excluding hydrogens is 550 g/mol. The number of rotatable bonds is 12. The number of hydrogen-bond donors (Lipinski definition) is 3. The average molecular weight is 591 g/mol. The number of carbonyl (C=O) groups is 2. The van der Waals surface area contributed by atoms with Crippen LogP contribution in [0.4, 0.5) is 5.69 Å². The minimum absolute atomic E-state index is 0.0326. The second-order valence-electron chi connectivity index (χ2n) is 11.3. The first-order chi connectivity index (χ1) is 20.8. The number of carboxylic acids is 1. The Labute approximate surface area is 251 Å². The highest BCUT2D eigenvalue weighted by atomic mass is 16.7. The number of aromatic nitrogens is 1. The highest BCUT2D eigenvalue weighted by Crippen LogP contribution is 2.44. The molecule has 2 aliphatic heterocycles. The Hall–Kier alpha value is -3.99.